The molecular weight excluding hydrogens is 468 g/mol. The van der Waals surface area contributed by atoms with Crippen molar-refractivity contribution in [2.24, 2.45) is 5.92 Å². The van der Waals surface area contributed by atoms with E-state index in [1.54, 1.807) is 19.1 Å². The second kappa shape index (κ2) is 11.7. The van der Waals surface area contributed by atoms with E-state index in [0.29, 0.717) is 11.5 Å². The molecule has 2 unspecified atom stereocenters. The van der Waals surface area contributed by atoms with Gasteiger partial charge in [-0.1, -0.05) is 48.6 Å². The van der Waals surface area contributed by atoms with Crippen molar-refractivity contribution < 1.29 is 27.0 Å². The van der Waals surface area contributed by atoms with Crippen LogP contribution in [-0.2, 0) is 11.2 Å². The standard InChI is InChI=1S/C30H30F4O2/c1-3-5-20-9-13-22(36-18-20)12-8-19-6-10-21(11-7-19)23-14-15-24(28(32)27(23)31)25-16-17-26(35-4-2)30(34)29(25)33/h3,5-7,10-11,14-17,20,22H,4,8-9,12-13,18H2,1-2H3/b5-3+. The molecule has 2 nitrogen and oxygen atoms in total. The monoisotopic (exact) mass is 498 g/mol. The van der Waals surface area contributed by atoms with Gasteiger partial charge >= 0.3 is 0 Å². The molecule has 190 valence electrons. The Morgan fingerprint density at radius 3 is 2.11 bits per heavy atom. The van der Waals surface area contributed by atoms with Gasteiger partial charge in [-0.2, -0.15) is 4.39 Å². The largest absolute Gasteiger partial charge is 0.491 e. The summed E-state index contributed by atoms with van der Waals surface area (Å²) in [4.78, 5) is 0. The third-order valence-electron chi connectivity index (χ3n) is 6.61. The van der Waals surface area contributed by atoms with E-state index in [2.05, 4.69) is 12.2 Å². The first kappa shape index (κ1) is 26.0. The molecule has 0 amide bonds. The highest BCUT2D eigenvalue weighted by Crippen LogP contribution is 2.35. The van der Waals surface area contributed by atoms with E-state index in [-0.39, 0.29) is 35.2 Å². The first-order chi connectivity index (χ1) is 17.4. The molecule has 3 aromatic rings. The van der Waals surface area contributed by atoms with Crippen molar-refractivity contribution in [3.05, 3.63) is 89.5 Å². The van der Waals surface area contributed by atoms with Gasteiger partial charge in [-0.05, 0) is 62.8 Å². The predicted octanol–water partition coefficient (Wildman–Crippen LogP) is 8.28. The van der Waals surface area contributed by atoms with E-state index in [1.807, 2.05) is 19.1 Å². The summed E-state index contributed by atoms with van der Waals surface area (Å²) in [5, 5.41) is 0. The smallest absolute Gasteiger partial charge is 0.201 e. The second-order valence-electron chi connectivity index (χ2n) is 9.02. The average Bonchev–Trinajstić information content (AvgIpc) is 2.89. The molecule has 0 aliphatic carbocycles. The molecule has 36 heavy (non-hydrogen) atoms. The fourth-order valence-electron chi connectivity index (χ4n) is 4.64. The Balaban J connectivity index is 1.46. The number of allylic oxidation sites excluding steroid dienone is 1. The maximum atomic E-state index is 15.0. The topological polar surface area (TPSA) is 18.5 Å². The highest BCUT2D eigenvalue weighted by Gasteiger charge is 2.22. The summed E-state index contributed by atoms with van der Waals surface area (Å²) in [6, 6.07) is 12.3. The molecule has 1 fully saturated rings. The Bertz CT molecular complexity index is 1210. The Labute approximate surface area is 209 Å². The lowest BCUT2D eigenvalue weighted by molar-refractivity contribution is -0.00789. The van der Waals surface area contributed by atoms with Gasteiger partial charge in [-0.3, -0.25) is 0 Å². The summed E-state index contributed by atoms with van der Waals surface area (Å²) < 4.78 is 69.8. The number of halogens is 4. The van der Waals surface area contributed by atoms with Gasteiger partial charge in [0.25, 0.3) is 0 Å². The van der Waals surface area contributed by atoms with E-state index in [1.165, 1.54) is 24.3 Å². The van der Waals surface area contributed by atoms with Crippen LogP contribution in [0.3, 0.4) is 0 Å². The normalized spacial score (nSPS) is 18.1. The molecule has 1 aliphatic rings. The van der Waals surface area contributed by atoms with Crippen molar-refractivity contribution in [2.75, 3.05) is 13.2 Å². The first-order valence-electron chi connectivity index (χ1n) is 12.4. The van der Waals surface area contributed by atoms with Crippen LogP contribution in [0.25, 0.3) is 22.3 Å². The van der Waals surface area contributed by atoms with Crippen LogP contribution in [0.15, 0.2) is 60.7 Å². The molecule has 0 spiro atoms. The maximum Gasteiger partial charge on any atom is 0.201 e. The van der Waals surface area contributed by atoms with Crippen molar-refractivity contribution in [3.8, 4) is 28.0 Å². The molecule has 0 bridgehead atoms. The minimum absolute atomic E-state index is 0.0558. The lowest BCUT2D eigenvalue weighted by atomic mass is 9.94. The molecule has 0 saturated carbocycles. The van der Waals surface area contributed by atoms with Crippen LogP contribution in [0.4, 0.5) is 17.6 Å². The summed E-state index contributed by atoms with van der Waals surface area (Å²) in [7, 11) is 0. The SMILES string of the molecule is C/C=C/C1CCC(CCc2ccc(-c3ccc(-c4ccc(OCC)c(F)c4F)c(F)c3F)cc2)OC1. The van der Waals surface area contributed by atoms with Gasteiger partial charge in [0, 0.05) is 22.6 Å². The van der Waals surface area contributed by atoms with Crippen LogP contribution in [0.2, 0.25) is 0 Å². The van der Waals surface area contributed by atoms with E-state index >= 15 is 4.39 Å². The molecule has 1 saturated heterocycles. The Hall–Kier alpha value is -3.12. The molecule has 1 heterocycles. The van der Waals surface area contributed by atoms with E-state index in [0.717, 1.165) is 37.9 Å². The molecule has 2 atom stereocenters. The average molecular weight is 499 g/mol. The minimum atomic E-state index is -1.28. The van der Waals surface area contributed by atoms with Gasteiger partial charge in [-0.25, -0.2) is 13.2 Å². The van der Waals surface area contributed by atoms with Crippen molar-refractivity contribution in [2.45, 2.75) is 45.6 Å². The van der Waals surface area contributed by atoms with Crippen molar-refractivity contribution in [1.29, 1.82) is 0 Å². The first-order valence-corrected chi connectivity index (χ1v) is 12.4. The second-order valence-corrected chi connectivity index (χ2v) is 9.02. The predicted molar refractivity (Wildman–Crippen MR) is 134 cm³/mol. The fraction of sp³-hybridized carbons (Fsp3) is 0.333. The van der Waals surface area contributed by atoms with Gasteiger partial charge in [0.15, 0.2) is 23.2 Å². The van der Waals surface area contributed by atoms with E-state index < -0.39 is 23.3 Å². The molecular formula is C30H30F4O2. The van der Waals surface area contributed by atoms with Crippen LogP contribution in [-0.4, -0.2) is 19.3 Å². The number of rotatable bonds is 8. The molecule has 3 aromatic carbocycles. The molecule has 4 rings (SSSR count). The molecule has 0 aromatic heterocycles. The molecule has 1 aliphatic heterocycles. The zero-order valence-electron chi connectivity index (χ0n) is 20.5. The summed E-state index contributed by atoms with van der Waals surface area (Å²) >= 11 is 0. The van der Waals surface area contributed by atoms with Gasteiger partial charge in [0.05, 0.1) is 19.3 Å². The molecule has 0 N–H and O–H groups in total. The summed E-state index contributed by atoms with van der Waals surface area (Å²) in [5.74, 6) is -4.63. The van der Waals surface area contributed by atoms with Gasteiger partial charge in [0.1, 0.15) is 0 Å². The molecule has 0 radical (unpaired) electrons. The fourth-order valence-corrected chi connectivity index (χ4v) is 4.64. The Morgan fingerprint density at radius 2 is 1.47 bits per heavy atom. The van der Waals surface area contributed by atoms with Crippen molar-refractivity contribution in [1.82, 2.24) is 0 Å². The van der Waals surface area contributed by atoms with Crippen LogP contribution < -0.4 is 4.74 Å². The van der Waals surface area contributed by atoms with Crippen LogP contribution in [0, 0.1) is 29.2 Å². The number of hydrogen-bond acceptors (Lipinski definition) is 2. The number of aryl methyl sites for hydroxylation is 1. The van der Waals surface area contributed by atoms with Crippen molar-refractivity contribution >= 4 is 0 Å². The number of ether oxygens (including phenoxy) is 2. The summed E-state index contributed by atoms with van der Waals surface area (Å²) in [6.07, 6.45) is 8.39. The van der Waals surface area contributed by atoms with Gasteiger partial charge in [-0.15, -0.1) is 0 Å². The minimum Gasteiger partial charge on any atom is -0.491 e. The zero-order chi connectivity index (χ0) is 25.7. The highest BCUT2D eigenvalue weighted by atomic mass is 19.2. The Kier molecular flexibility index (Phi) is 8.47. The highest BCUT2D eigenvalue weighted by molar-refractivity contribution is 5.72. The lowest BCUT2D eigenvalue weighted by Crippen LogP contribution is -2.25. The summed E-state index contributed by atoms with van der Waals surface area (Å²) in [6.45, 7) is 4.56. The van der Waals surface area contributed by atoms with E-state index in [9.17, 15) is 13.2 Å². The van der Waals surface area contributed by atoms with Crippen LogP contribution in [0.1, 0.15) is 38.7 Å². The lowest BCUT2D eigenvalue weighted by Gasteiger charge is -2.27. The zero-order valence-corrected chi connectivity index (χ0v) is 20.5. The van der Waals surface area contributed by atoms with E-state index in [4.69, 9.17) is 9.47 Å². The van der Waals surface area contributed by atoms with Crippen LogP contribution in [0.5, 0.6) is 5.75 Å². The van der Waals surface area contributed by atoms with Crippen molar-refractivity contribution in [3.63, 3.8) is 0 Å². The quantitative estimate of drug-likeness (QED) is 0.230. The Morgan fingerprint density at radius 1 is 0.833 bits per heavy atom. The molecule has 6 heteroatoms. The third-order valence-corrected chi connectivity index (χ3v) is 6.61. The van der Waals surface area contributed by atoms with Gasteiger partial charge < -0.3 is 9.47 Å². The van der Waals surface area contributed by atoms with Crippen LogP contribution >= 0.6 is 0 Å². The summed E-state index contributed by atoms with van der Waals surface area (Å²) in [5.41, 5.74) is 0.929. The number of benzene rings is 3. The maximum absolute atomic E-state index is 15.0. The number of hydrogen-bond donors (Lipinski definition) is 0. The third kappa shape index (κ3) is 5.65. The van der Waals surface area contributed by atoms with Gasteiger partial charge in [0.2, 0.25) is 5.82 Å².